The predicted molar refractivity (Wildman–Crippen MR) is 163 cm³/mol. The topological polar surface area (TPSA) is 81.7 Å². The van der Waals surface area contributed by atoms with Crippen molar-refractivity contribution in [3.63, 3.8) is 0 Å². The molecule has 0 aromatic rings. The maximum Gasteiger partial charge on any atom is 0.279 e. The molecule has 2 aliphatic heterocycles. The largest absolute Gasteiger partial charge is 0.351 e. The van der Waals surface area contributed by atoms with Crippen LogP contribution in [0.2, 0.25) is 0 Å². The van der Waals surface area contributed by atoms with Crippen LogP contribution in [0.4, 0.5) is 0 Å². The third-order valence-electron chi connectivity index (χ3n) is 8.17. The molecule has 2 heterocycles. The van der Waals surface area contributed by atoms with E-state index in [9.17, 15) is 14.4 Å². The number of carbonyl (C=O) groups is 3. The summed E-state index contributed by atoms with van der Waals surface area (Å²) in [6, 6.07) is 0. The lowest BCUT2D eigenvalue weighted by Crippen LogP contribution is -2.56. The number of ketones is 1. The van der Waals surface area contributed by atoms with Gasteiger partial charge in [0.2, 0.25) is 5.91 Å². The molecule has 2 fully saturated rings. The Labute approximate surface area is 239 Å². The third-order valence-corrected chi connectivity index (χ3v) is 8.17. The summed E-state index contributed by atoms with van der Waals surface area (Å²) < 4.78 is 0.532. The molecule has 0 aromatic heterocycles. The maximum atomic E-state index is 13.1. The van der Waals surface area contributed by atoms with Crippen molar-refractivity contribution >= 4 is 17.6 Å². The van der Waals surface area contributed by atoms with E-state index >= 15 is 0 Å². The summed E-state index contributed by atoms with van der Waals surface area (Å²) in [5.41, 5.74) is 3.61. The average molecular weight is 547 g/mol. The fraction of sp³-hybridized carbons (Fsp3) is 0.645. The Bertz CT molecular complexity index is 1010. The number of nitrogens with zero attached hydrogens (tertiary/aromatic N) is 3. The Kier molecular flexibility index (Phi) is 12.2. The molecule has 8 heteroatoms. The first-order valence-electron chi connectivity index (χ1n) is 14.7. The number of piperazine rings is 1. The molecular formula is C31H56N5O3+. The molecule has 4 aliphatic rings. The molecule has 4 rings (SSSR count). The van der Waals surface area contributed by atoms with Gasteiger partial charge in [-0.1, -0.05) is 29.9 Å². The highest BCUT2D eigenvalue weighted by Crippen LogP contribution is 2.25. The molecule has 2 N–H and O–H groups in total. The van der Waals surface area contributed by atoms with Gasteiger partial charge in [-0.2, -0.15) is 0 Å². The zero-order valence-electron chi connectivity index (χ0n) is 24.7. The van der Waals surface area contributed by atoms with Crippen LogP contribution in [0.15, 0.2) is 46.7 Å². The van der Waals surface area contributed by atoms with Gasteiger partial charge in [-0.15, -0.1) is 0 Å². The number of amides is 2. The third kappa shape index (κ3) is 10.2. The number of quaternary nitrogens is 1. The molecule has 2 saturated heterocycles. The van der Waals surface area contributed by atoms with E-state index in [0.29, 0.717) is 35.3 Å². The number of hydrogen-bond donors (Lipinski definition) is 2. The Morgan fingerprint density at radius 2 is 1.67 bits per heavy atom. The highest BCUT2D eigenvalue weighted by molar-refractivity contribution is 5.97. The molecule has 8 nitrogen and oxygen atoms in total. The SMILES string of the molecule is CC(=O)C[N+]1(CC(=O)NC2=C(C(=O)NCCN3CCN(C)CC3)CC=C2C)CCCCCC1.CC1=CCC=C1.[HH].[HH].[HH]. The number of Topliss-reactive ketones (excluding diaryl/α,β-unsaturated/α-hetero) is 1. The Balaban J connectivity index is 0.00000166. The number of allylic oxidation sites excluding steroid dienone is 6. The van der Waals surface area contributed by atoms with Crippen LogP contribution in [0.25, 0.3) is 0 Å². The minimum atomic E-state index is -0.106. The van der Waals surface area contributed by atoms with E-state index in [1.807, 2.05) is 13.0 Å². The van der Waals surface area contributed by atoms with Gasteiger partial charge in [0.25, 0.3) is 5.91 Å². The first kappa shape index (κ1) is 31.0. The van der Waals surface area contributed by atoms with Gasteiger partial charge in [0.15, 0.2) is 12.3 Å². The smallest absolute Gasteiger partial charge is 0.279 e. The van der Waals surface area contributed by atoms with Crippen LogP contribution >= 0.6 is 0 Å². The lowest BCUT2D eigenvalue weighted by molar-refractivity contribution is -0.912. The van der Waals surface area contributed by atoms with Crippen LogP contribution in [0, 0.1) is 0 Å². The fourth-order valence-corrected chi connectivity index (χ4v) is 5.85. The van der Waals surface area contributed by atoms with Crippen molar-refractivity contribution in [1.82, 2.24) is 20.4 Å². The molecule has 0 spiro atoms. The summed E-state index contributed by atoms with van der Waals surface area (Å²) in [5, 5.41) is 6.08. The molecule has 0 radical (unpaired) electrons. The number of likely N-dealkylation sites (tertiary alicyclic amines) is 1. The molecule has 39 heavy (non-hydrogen) atoms. The van der Waals surface area contributed by atoms with Crippen molar-refractivity contribution in [2.24, 2.45) is 0 Å². The summed E-state index contributed by atoms with van der Waals surface area (Å²) in [4.78, 5) is 42.6. The quantitative estimate of drug-likeness (QED) is 0.431. The monoisotopic (exact) mass is 546 g/mol. The fourth-order valence-electron chi connectivity index (χ4n) is 5.85. The van der Waals surface area contributed by atoms with E-state index in [4.69, 9.17) is 0 Å². The van der Waals surface area contributed by atoms with Gasteiger partial charge in [0, 0.05) is 56.0 Å². The van der Waals surface area contributed by atoms with Crippen molar-refractivity contribution in [2.45, 2.75) is 59.3 Å². The van der Waals surface area contributed by atoms with Crippen molar-refractivity contribution in [3.8, 4) is 0 Å². The van der Waals surface area contributed by atoms with Crippen molar-refractivity contribution in [1.29, 1.82) is 0 Å². The standard InChI is InChI=1S/C25H41N5O3.C6H8.3H2/c1-20-8-9-22(25(33)26-10-11-29-14-12-28(3)13-15-29)24(20)27-23(32)19-30(18-21(2)31)16-6-4-5-7-17-30;1-6-4-2-3-5-6;;;/h8H,4-7,9-19H2,1-3H3,(H-,26,27,32,33);2,4-5H,3H2,1H3;3*1H/p+1. The molecule has 0 bridgehead atoms. The van der Waals surface area contributed by atoms with Crippen LogP contribution in [0.3, 0.4) is 0 Å². The predicted octanol–water partition coefficient (Wildman–Crippen LogP) is 3.68. The average Bonchev–Trinajstić information content (AvgIpc) is 3.44. The summed E-state index contributed by atoms with van der Waals surface area (Å²) in [6.07, 6.45) is 14.6. The molecular weight excluding hydrogens is 490 g/mol. The molecule has 2 amide bonds. The van der Waals surface area contributed by atoms with Crippen LogP contribution in [0.1, 0.15) is 63.6 Å². The summed E-state index contributed by atoms with van der Waals surface area (Å²) in [7, 11) is 2.13. The van der Waals surface area contributed by atoms with Gasteiger partial charge in [-0.3, -0.25) is 19.3 Å². The normalized spacial score (nSPS) is 21.4. The summed E-state index contributed by atoms with van der Waals surface area (Å²) in [6.45, 7) is 13.7. The minimum Gasteiger partial charge on any atom is -0.351 e. The first-order valence-corrected chi connectivity index (χ1v) is 14.7. The minimum absolute atomic E-state index is 0. The van der Waals surface area contributed by atoms with Gasteiger partial charge in [0.1, 0.15) is 6.54 Å². The van der Waals surface area contributed by atoms with Gasteiger partial charge in [-0.05, 0) is 65.0 Å². The molecule has 0 aromatic carbocycles. The van der Waals surface area contributed by atoms with Crippen LogP contribution in [0.5, 0.6) is 0 Å². The zero-order valence-corrected chi connectivity index (χ0v) is 24.7. The first-order chi connectivity index (χ1) is 18.7. The van der Waals surface area contributed by atoms with Crippen LogP contribution in [-0.4, -0.2) is 104 Å². The highest BCUT2D eigenvalue weighted by Gasteiger charge is 2.34. The van der Waals surface area contributed by atoms with Gasteiger partial charge < -0.3 is 20.0 Å². The number of rotatable bonds is 9. The zero-order chi connectivity index (χ0) is 28.3. The van der Waals surface area contributed by atoms with Gasteiger partial charge in [-0.25, -0.2) is 0 Å². The Morgan fingerprint density at radius 1 is 0.974 bits per heavy atom. The molecule has 222 valence electrons. The van der Waals surface area contributed by atoms with E-state index in [-0.39, 0.29) is 28.4 Å². The molecule has 0 saturated carbocycles. The van der Waals surface area contributed by atoms with Crippen molar-refractivity contribution in [3.05, 3.63) is 46.7 Å². The van der Waals surface area contributed by atoms with Crippen LogP contribution < -0.4 is 10.6 Å². The van der Waals surface area contributed by atoms with E-state index in [2.05, 4.69) is 52.6 Å². The number of hydrogen-bond acceptors (Lipinski definition) is 5. The van der Waals surface area contributed by atoms with Crippen LogP contribution in [-0.2, 0) is 14.4 Å². The second kappa shape index (κ2) is 15.3. The van der Waals surface area contributed by atoms with Crippen molar-refractivity contribution < 1.29 is 23.1 Å². The van der Waals surface area contributed by atoms with Gasteiger partial charge in [0.05, 0.1) is 18.8 Å². The summed E-state index contributed by atoms with van der Waals surface area (Å²) >= 11 is 0. The van der Waals surface area contributed by atoms with E-state index < -0.39 is 0 Å². The second-order valence-electron chi connectivity index (χ2n) is 11.7. The number of nitrogens with one attached hydrogen (secondary N) is 2. The maximum absolute atomic E-state index is 13.1. The number of likely N-dealkylation sites (N-methyl/N-ethyl adjacent to an activating group) is 1. The lowest BCUT2D eigenvalue weighted by Gasteiger charge is -2.36. The molecule has 0 atom stereocenters. The number of carbonyl (C=O) groups excluding carboxylic acids is 3. The lowest BCUT2D eigenvalue weighted by atomic mass is 10.1. The van der Waals surface area contributed by atoms with Gasteiger partial charge >= 0.3 is 0 Å². The molecule has 2 aliphatic carbocycles. The summed E-state index contributed by atoms with van der Waals surface area (Å²) in [5.74, 6) is -0.0817. The van der Waals surface area contributed by atoms with E-state index in [1.165, 1.54) is 5.57 Å². The molecule has 0 unspecified atom stereocenters. The van der Waals surface area contributed by atoms with E-state index in [0.717, 1.165) is 83.5 Å². The Hall–Kier alpha value is -2.55. The Morgan fingerprint density at radius 3 is 2.23 bits per heavy atom. The van der Waals surface area contributed by atoms with E-state index in [1.54, 1.807) is 6.92 Å². The second-order valence-corrected chi connectivity index (χ2v) is 11.7. The highest BCUT2D eigenvalue weighted by atomic mass is 16.2. The van der Waals surface area contributed by atoms with Crippen molar-refractivity contribution in [2.75, 3.05) is 72.5 Å².